The van der Waals surface area contributed by atoms with Crippen LogP contribution >= 0.6 is 0 Å². The summed E-state index contributed by atoms with van der Waals surface area (Å²) in [7, 11) is 0. The Kier molecular flexibility index (Phi) is 3.44. The van der Waals surface area contributed by atoms with Gasteiger partial charge in [-0.05, 0) is 49.9 Å². The minimum atomic E-state index is 0.511. The molecule has 18 heavy (non-hydrogen) atoms. The molecule has 1 saturated heterocycles. The fourth-order valence-corrected chi connectivity index (χ4v) is 3.64. The summed E-state index contributed by atoms with van der Waals surface area (Å²) in [5.41, 5.74) is 0.511. The SMILES string of the molecule is CC(C)(C)C1CCC(N2CC(OC3CC3)C2)CC1. The number of rotatable bonds is 3. The summed E-state index contributed by atoms with van der Waals surface area (Å²) >= 11 is 0. The standard InChI is InChI=1S/C16H29NO/c1-16(2,3)12-4-6-13(7-5-12)17-10-15(11-17)18-14-8-9-14/h12-15H,4-11H2,1-3H3. The van der Waals surface area contributed by atoms with Gasteiger partial charge in [0, 0.05) is 19.1 Å². The molecule has 0 amide bonds. The molecule has 0 unspecified atom stereocenters. The Balaban J connectivity index is 1.38. The highest BCUT2D eigenvalue weighted by atomic mass is 16.5. The molecular formula is C16H29NO. The third-order valence-corrected chi connectivity index (χ3v) is 5.22. The molecule has 0 atom stereocenters. The molecular weight excluding hydrogens is 222 g/mol. The molecule has 1 heterocycles. The van der Waals surface area contributed by atoms with Crippen molar-refractivity contribution in [1.82, 2.24) is 4.90 Å². The van der Waals surface area contributed by atoms with Gasteiger partial charge < -0.3 is 4.74 Å². The second kappa shape index (κ2) is 4.79. The van der Waals surface area contributed by atoms with Crippen molar-refractivity contribution in [2.45, 2.75) is 77.5 Å². The minimum absolute atomic E-state index is 0.511. The lowest BCUT2D eigenvalue weighted by atomic mass is 9.71. The van der Waals surface area contributed by atoms with E-state index in [4.69, 9.17) is 4.74 Å². The van der Waals surface area contributed by atoms with Crippen molar-refractivity contribution in [2.24, 2.45) is 11.3 Å². The molecule has 2 heteroatoms. The molecule has 0 spiro atoms. The predicted octanol–water partition coefficient (Wildman–Crippen LogP) is 3.45. The molecule has 3 fully saturated rings. The summed E-state index contributed by atoms with van der Waals surface area (Å²) in [6, 6.07) is 0.864. The van der Waals surface area contributed by atoms with E-state index in [-0.39, 0.29) is 0 Å². The molecule has 0 aromatic heterocycles. The molecule has 1 aliphatic heterocycles. The lowest BCUT2D eigenvalue weighted by molar-refractivity contribution is -0.0876. The van der Waals surface area contributed by atoms with Gasteiger partial charge in [-0.15, -0.1) is 0 Å². The molecule has 0 radical (unpaired) electrons. The van der Waals surface area contributed by atoms with Crippen LogP contribution in [0.25, 0.3) is 0 Å². The first-order chi connectivity index (χ1) is 8.52. The van der Waals surface area contributed by atoms with Gasteiger partial charge in [0.2, 0.25) is 0 Å². The van der Waals surface area contributed by atoms with Gasteiger partial charge in [0.25, 0.3) is 0 Å². The largest absolute Gasteiger partial charge is 0.372 e. The first-order valence-electron chi connectivity index (χ1n) is 7.92. The average Bonchev–Trinajstić information content (AvgIpc) is 3.05. The Hall–Kier alpha value is -0.0800. The van der Waals surface area contributed by atoms with E-state index in [1.165, 1.54) is 51.6 Å². The number of likely N-dealkylation sites (tertiary alicyclic amines) is 1. The quantitative estimate of drug-likeness (QED) is 0.761. The number of ether oxygens (including phenoxy) is 1. The highest BCUT2D eigenvalue weighted by Gasteiger charge is 2.39. The van der Waals surface area contributed by atoms with Crippen LogP contribution in [-0.4, -0.2) is 36.2 Å². The van der Waals surface area contributed by atoms with Crippen molar-refractivity contribution in [3.05, 3.63) is 0 Å². The first-order valence-corrected chi connectivity index (χ1v) is 7.92. The second-order valence-electron chi connectivity index (χ2n) is 7.78. The zero-order chi connectivity index (χ0) is 12.8. The smallest absolute Gasteiger partial charge is 0.0832 e. The maximum atomic E-state index is 5.95. The van der Waals surface area contributed by atoms with E-state index in [1.54, 1.807) is 0 Å². The van der Waals surface area contributed by atoms with E-state index < -0.39 is 0 Å². The topological polar surface area (TPSA) is 12.5 Å². The zero-order valence-corrected chi connectivity index (χ0v) is 12.3. The summed E-state index contributed by atoms with van der Waals surface area (Å²) in [6.45, 7) is 9.63. The molecule has 0 bridgehead atoms. The van der Waals surface area contributed by atoms with Crippen LogP contribution in [0.1, 0.15) is 59.3 Å². The van der Waals surface area contributed by atoms with Gasteiger partial charge in [-0.1, -0.05) is 20.8 Å². The third kappa shape index (κ3) is 2.91. The number of nitrogens with zero attached hydrogens (tertiary/aromatic N) is 1. The van der Waals surface area contributed by atoms with Gasteiger partial charge in [-0.2, -0.15) is 0 Å². The van der Waals surface area contributed by atoms with Crippen LogP contribution in [0, 0.1) is 11.3 Å². The van der Waals surface area contributed by atoms with E-state index in [0.717, 1.165) is 12.0 Å². The van der Waals surface area contributed by atoms with Crippen LogP contribution in [0.4, 0.5) is 0 Å². The van der Waals surface area contributed by atoms with E-state index in [0.29, 0.717) is 17.6 Å². The van der Waals surface area contributed by atoms with Gasteiger partial charge in [0.05, 0.1) is 12.2 Å². The van der Waals surface area contributed by atoms with Gasteiger partial charge in [-0.25, -0.2) is 0 Å². The number of hydrogen-bond acceptors (Lipinski definition) is 2. The molecule has 2 saturated carbocycles. The summed E-state index contributed by atoms with van der Waals surface area (Å²) in [5.74, 6) is 0.938. The van der Waals surface area contributed by atoms with Crippen LogP contribution in [-0.2, 0) is 4.74 Å². The maximum absolute atomic E-state index is 5.95. The van der Waals surface area contributed by atoms with E-state index in [1.807, 2.05) is 0 Å². The zero-order valence-electron chi connectivity index (χ0n) is 12.3. The van der Waals surface area contributed by atoms with Gasteiger partial charge in [0.1, 0.15) is 0 Å². The fourth-order valence-electron chi connectivity index (χ4n) is 3.64. The molecule has 2 nitrogen and oxygen atoms in total. The Morgan fingerprint density at radius 2 is 1.44 bits per heavy atom. The van der Waals surface area contributed by atoms with Crippen LogP contribution in [0.3, 0.4) is 0 Å². The average molecular weight is 251 g/mol. The molecule has 104 valence electrons. The second-order valence-corrected chi connectivity index (χ2v) is 7.78. The van der Waals surface area contributed by atoms with Crippen LogP contribution < -0.4 is 0 Å². The van der Waals surface area contributed by atoms with Gasteiger partial charge in [-0.3, -0.25) is 4.90 Å². The Morgan fingerprint density at radius 3 is 1.94 bits per heavy atom. The third-order valence-electron chi connectivity index (χ3n) is 5.22. The molecule has 3 aliphatic rings. The summed E-state index contributed by atoms with van der Waals surface area (Å²) in [4.78, 5) is 2.67. The summed E-state index contributed by atoms with van der Waals surface area (Å²) in [5, 5.41) is 0. The summed E-state index contributed by atoms with van der Waals surface area (Å²) < 4.78 is 5.95. The van der Waals surface area contributed by atoms with E-state index in [2.05, 4.69) is 25.7 Å². The molecule has 0 aromatic rings. The molecule has 2 aliphatic carbocycles. The minimum Gasteiger partial charge on any atom is -0.372 e. The van der Waals surface area contributed by atoms with Crippen molar-refractivity contribution < 1.29 is 4.74 Å². The first kappa shape index (κ1) is 12.9. The van der Waals surface area contributed by atoms with Crippen LogP contribution in [0.15, 0.2) is 0 Å². The van der Waals surface area contributed by atoms with Crippen molar-refractivity contribution >= 4 is 0 Å². The Labute approximate surface area is 112 Å². The normalized spacial score (nSPS) is 35.5. The van der Waals surface area contributed by atoms with E-state index >= 15 is 0 Å². The van der Waals surface area contributed by atoms with Crippen molar-refractivity contribution in [2.75, 3.05) is 13.1 Å². The van der Waals surface area contributed by atoms with Crippen molar-refractivity contribution in [3.63, 3.8) is 0 Å². The van der Waals surface area contributed by atoms with Crippen LogP contribution in [0.5, 0.6) is 0 Å². The fraction of sp³-hybridized carbons (Fsp3) is 1.00. The Bertz CT molecular complexity index is 278. The van der Waals surface area contributed by atoms with Crippen molar-refractivity contribution in [1.29, 1.82) is 0 Å². The molecule has 0 aromatic carbocycles. The molecule has 3 rings (SSSR count). The van der Waals surface area contributed by atoms with E-state index in [9.17, 15) is 0 Å². The van der Waals surface area contributed by atoms with Crippen LogP contribution in [0.2, 0.25) is 0 Å². The Morgan fingerprint density at radius 1 is 0.833 bits per heavy atom. The van der Waals surface area contributed by atoms with Gasteiger partial charge >= 0.3 is 0 Å². The lowest BCUT2D eigenvalue weighted by Crippen LogP contribution is -2.57. The van der Waals surface area contributed by atoms with Crippen molar-refractivity contribution in [3.8, 4) is 0 Å². The molecule has 0 N–H and O–H groups in total. The highest BCUT2D eigenvalue weighted by molar-refractivity contribution is 4.92. The monoisotopic (exact) mass is 251 g/mol. The maximum Gasteiger partial charge on any atom is 0.0832 e. The summed E-state index contributed by atoms with van der Waals surface area (Å²) in [6.07, 6.45) is 9.51. The highest BCUT2D eigenvalue weighted by Crippen LogP contribution is 2.40. The van der Waals surface area contributed by atoms with Gasteiger partial charge in [0.15, 0.2) is 0 Å². The predicted molar refractivity (Wildman–Crippen MR) is 74.7 cm³/mol. The number of hydrogen-bond donors (Lipinski definition) is 0. The lowest BCUT2D eigenvalue weighted by Gasteiger charge is -2.47.